The summed E-state index contributed by atoms with van der Waals surface area (Å²) in [6.45, 7) is 0. The smallest absolute Gasteiger partial charge is 0.123 e. The van der Waals surface area contributed by atoms with Gasteiger partial charge in [0.05, 0.1) is 11.4 Å². The van der Waals surface area contributed by atoms with E-state index in [2.05, 4.69) is 15.5 Å². The topological polar surface area (TPSA) is 37.3 Å². The van der Waals surface area contributed by atoms with Crippen molar-refractivity contribution in [2.75, 3.05) is 11.2 Å². The molecule has 1 N–H and O–H groups in total. The van der Waals surface area contributed by atoms with E-state index in [0.717, 1.165) is 34.2 Å². The highest BCUT2D eigenvalue weighted by Gasteiger charge is 2.16. The van der Waals surface area contributed by atoms with Gasteiger partial charge in [-0.2, -0.15) is 5.10 Å². The summed E-state index contributed by atoms with van der Waals surface area (Å²) in [6.07, 6.45) is 2.69. The molecule has 1 aromatic carbocycles. The summed E-state index contributed by atoms with van der Waals surface area (Å²) in [5, 5.41) is 5.44. The summed E-state index contributed by atoms with van der Waals surface area (Å²) in [4.78, 5) is 4.34. The predicted molar refractivity (Wildman–Crippen MR) is 76.1 cm³/mol. The lowest BCUT2D eigenvalue weighted by molar-refractivity contribution is 0.628. The van der Waals surface area contributed by atoms with Crippen molar-refractivity contribution in [2.45, 2.75) is 11.4 Å². The zero-order chi connectivity index (χ0) is 13.1. The van der Waals surface area contributed by atoms with Crippen LogP contribution in [0.4, 0.5) is 10.1 Å². The number of nitrogens with zero attached hydrogens (tertiary/aromatic N) is 2. The first-order valence-corrected chi connectivity index (χ1v) is 6.98. The number of aromatic nitrogens is 1. The third kappa shape index (κ3) is 2.76. The lowest BCUT2D eigenvalue weighted by Crippen LogP contribution is -2.12. The summed E-state index contributed by atoms with van der Waals surface area (Å²) >= 11 is 1.75. The quantitative estimate of drug-likeness (QED) is 0.850. The van der Waals surface area contributed by atoms with E-state index < -0.39 is 0 Å². The molecule has 0 spiro atoms. The molecule has 2 heterocycles. The molecular formula is C14H12FN3S. The van der Waals surface area contributed by atoms with Crippen molar-refractivity contribution in [3.05, 3.63) is 54.0 Å². The number of hydrogen-bond donors (Lipinski definition) is 1. The number of anilines is 1. The molecule has 1 aliphatic rings. The Kier molecular flexibility index (Phi) is 3.46. The molecule has 1 aliphatic heterocycles. The van der Waals surface area contributed by atoms with Crippen molar-refractivity contribution in [3.8, 4) is 0 Å². The second kappa shape index (κ2) is 5.40. The number of hydrogen-bond acceptors (Lipinski definition) is 4. The average Bonchev–Trinajstić information content (AvgIpc) is 2.47. The fraction of sp³-hybridized carbons (Fsp3) is 0.143. The van der Waals surface area contributed by atoms with E-state index in [1.807, 2.05) is 12.1 Å². The Bertz CT molecular complexity index is 610. The Morgan fingerprint density at radius 2 is 2.05 bits per heavy atom. The van der Waals surface area contributed by atoms with Crippen molar-refractivity contribution in [1.82, 2.24) is 4.98 Å². The van der Waals surface area contributed by atoms with Crippen molar-refractivity contribution >= 4 is 23.2 Å². The van der Waals surface area contributed by atoms with E-state index in [1.54, 1.807) is 30.1 Å². The standard InChI is InChI=1S/C14H12FN3S/c15-10-3-5-11(6-4-10)17-18-13-7-9-19-14-12(13)2-1-8-16-14/h1-6,8,17H,7,9H2/b18-13+. The van der Waals surface area contributed by atoms with Crippen molar-refractivity contribution in [3.63, 3.8) is 0 Å². The van der Waals surface area contributed by atoms with Gasteiger partial charge in [-0.25, -0.2) is 9.37 Å². The molecule has 0 aliphatic carbocycles. The molecule has 5 heteroatoms. The minimum Gasteiger partial charge on any atom is -0.278 e. The van der Waals surface area contributed by atoms with E-state index in [0.29, 0.717) is 0 Å². The first-order chi connectivity index (χ1) is 9.33. The minimum absolute atomic E-state index is 0.248. The largest absolute Gasteiger partial charge is 0.278 e. The van der Waals surface area contributed by atoms with E-state index >= 15 is 0 Å². The maximum atomic E-state index is 12.8. The van der Waals surface area contributed by atoms with Crippen LogP contribution in [0.15, 0.2) is 52.7 Å². The molecule has 0 saturated carbocycles. The molecule has 0 unspecified atom stereocenters. The van der Waals surface area contributed by atoms with E-state index in [4.69, 9.17) is 0 Å². The molecule has 3 rings (SSSR count). The molecule has 0 radical (unpaired) electrons. The fourth-order valence-corrected chi connectivity index (χ4v) is 2.84. The first kappa shape index (κ1) is 12.2. The molecule has 3 nitrogen and oxygen atoms in total. The van der Waals surface area contributed by atoms with Crippen LogP contribution < -0.4 is 5.43 Å². The van der Waals surface area contributed by atoms with Crippen LogP contribution in [0.25, 0.3) is 0 Å². The number of fused-ring (bicyclic) bond motifs is 1. The molecular weight excluding hydrogens is 261 g/mol. The number of thioether (sulfide) groups is 1. The molecule has 0 fully saturated rings. The SMILES string of the molecule is Fc1ccc(N/N=C2\CCSc3ncccc32)cc1. The number of pyridine rings is 1. The van der Waals surface area contributed by atoms with Gasteiger partial charge in [-0.3, -0.25) is 5.43 Å². The Hall–Kier alpha value is -1.88. The van der Waals surface area contributed by atoms with Crippen molar-refractivity contribution in [1.29, 1.82) is 0 Å². The van der Waals surface area contributed by atoms with Gasteiger partial charge >= 0.3 is 0 Å². The number of hydrazone groups is 1. The molecule has 96 valence electrons. The van der Waals surface area contributed by atoms with Gasteiger partial charge in [0.25, 0.3) is 0 Å². The van der Waals surface area contributed by atoms with E-state index in [1.165, 1.54) is 12.1 Å². The third-order valence-electron chi connectivity index (χ3n) is 2.82. The van der Waals surface area contributed by atoms with Crippen molar-refractivity contribution in [2.24, 2.45) is 5.10 Å². The van der Waals surface area contributed by atoms with E-state index in [9.17, 15) is 4.39 Å². The molecule has 0 saturated heterocycles. The first-order valence-electron chi connectivity index (χ1n) is 5.99. The highest BCUT2D eigenvalue weighted by atomic mass is 32.2. The maximum Gasteiger partial charge on any atom is 0.123 e. The second-order valence-electron chi connectivity index (χ2n) is 4.13. The molecule has 19 heavy (non-hydrogen) atoms. The molecule has 0 atom stereocenters. The third-order valence-corrected chi connectivity index (χ3v) is 3.83. The predicted octanol–water partition coefficient (Wildman–Crippen LogP) is 3.53. The van der Waals surface area contributed by atoms with Crippen LogP contribution in [0, 0.1) is 5.82 Å². The van der Waals surface area contributed by atoms with Gasteiger partial charge in [-0.05, 0) is 36.4 Å². The maximum absolute atomic E-state index is 12.8. The van der Waals surface area contributed by atoms with Gasteiger partial charge in [0.15, 0.2) is 0 Å². The summed E-state index contributed by atoms with van der Waals surface area (Å²) in [5.74, 6) is 0.732. The average molecular weight is 273 g/mol. The van der Waals surface area contributed by atoms with Gasteiger partial charge in [0.1, 0.15) is 10.8 Å². The van der Waals surface area contributed by atoms with Gasteiger partial charge in [-0.1, -0.05) is 0 Å². The van der Waals surface area contributed by atoms with Crippen LogP contribution in [-0.2, 0) is 0 Å². The Morgan fingerprint density at radius 3 is 2.89 bits per heavy atom. The molecule has 0 amide bonds. The normalized spacial score (nSPS) is 16.2. The van der Waals surface area contributed by atoms with Gasteiger partial charge in [0.2, 0.25) is 0 Å². The second-order valence-corrected chi connectivity index (χ2v) is 5.22. The van der Waals surface area contributed by atoms with Crippen LogP contribution in [0.5, 0.6) is 0 Å². The van der Waals surface area contributed by atoms with Crippen LogP contribution in [0.1, 0.15) is 12.0 Å². The monoisotopic (exact) mass is 273 g/mol. The minimum atomic E-state index is -0.248. The van der Waals surface area contributed by atoms with Crippen LogP contribution in [-0.4, -0.2) is 16.4 Å². The lowest BCUT2D eigenvalue weighted by atomic mass is 10.1. The zero-order valence-corrected chi connectivity index (χ0v) is 11.0. The fourth-order valence-electron chi connectivity index (χ4n) is 1.88. The van der Waals surface area contributed by atoms with Crippen LogP contribution in [0.2, 0.25) is 0 Å². The van der Waals surface area contributed by atoms with Crippen LogP contribution in [0.3, 0.4) is 0 Å². The van der Waals surface area contributed by atoms with Gasteiger partial charge < -0.3 is 0 Å². The summed E-state index contributed by atoms with van der Waals surface area (Å²) in [5.41, 5.74) is 5.81. The zero-order valence-electron chi connectivity index (χ0n) is 10.1. The Morgan fingerprint density at radius 1 is 1.21 bits per heavy atom. The molecule has 2 aromatic rings. The van der Waals surface area contributed by atoms with Crippen molar-refractivity contribution < 1.29 is 4.39 Å². The number of halogens is 1. The summed E-state index contributed by atoms with van der Waals surface area (Å²) < 4.78 is 12.8. The molecule has 0 bridgehead atoms. The highest BCUT2D eigenvalue weighted by molar-refractivity contribution is 7.99. The van der Waals surface area contributed by atoms with Crippen LogP contribution >= 0.6 is 11.8 Å². The van der Waals surface area contributed by atoms with Gasteiger partial charge in [-0.15, -0.1) is 11.8 Å². The highest BCUT2D eigenvalue weighted by Crippen LogP contribution is 2.27. The number of rotatable bonds is 2. The van der Waals surface area contributed by atoms with E-state index in [-0.39, 0.29) is 5.82 Å². The van der Waals surface area contributed by atoms with Gasteiger partial charge in [0, 0.05) is 23.9 Å². The molecule has 1 aromatic heterocycles. The lowest BCUT2D eigenvalue weighted by Gasteiger charge is -2.16. The number of nitrogens with one attached hydrogen (secondary N) is 1. The Balaban J connectivity index is 1.83. The summed E-state index contributed by atoms with van der Waals surface area (Å²) in [7, 11) is 0. The number of benzene rings is 1. The summed E-state index contributed by atoms with van der Waals surface area (Å²) in [6, 6.07) is 10.1. The Labute approximate surface area is 115 Å².